The Bertz CT molecular complexity index is 1130. The van der Waals surface area contributed by atoms with E-state index in [1.165, 1.54) is 0 Å². The number of aliphatic carboxylic acids is 1. The molecule has 10 nitrogen and oxygen atoms in total. The molecule has 2 aliphatic heterocycles. The monoisotopic (exact) mass is 540 g/mol. The fourth-order valence-electron chi connectivity index (χ4n) is 5.52. The summed E-state index contributed by atoms with van der Waals surface area (Å²) >= 11 is 0. The van der Waals surface area contributed by atoms with E-state index in [9.17, 15) is 24.6 Å². The molecule has 0 unspecified atom stereocenters. The van der Waals surface area contributed by atoms with E-state index >= 15 is 0 Å². The molecule has 2 heterocycles. The molecule has 39 heavy (non-hydrogen) atoms. The van der Waals surface area contributed by atoms with Crippen LogP contribution < -0.4 is 4.90 Å². The van der Waals surface area contributed by atoms with E-state index in [1.807, 2.05) is 43.0 Å². The van der Waals surface area contributed by atoms with Crippen LogP contribution in [0, 0.1) is 5.41 Å². The Labute approximate surface area is 229 Å². The molecule has 1 atom stereocenters. The summed E-state index contributed by atoms with van der Waals surface area (Å²) in [5.74, 6) is -1.15. The van der Waals surface area contributed by atoms with Crippen LogP contribution in [0.1, 0.15) is 39.2 Å². The molecule has 2 fully saturated rings. The Morgan fingerprint density at radius 1 is 1.03 bits per heavy atom. The number of aliphatic hydroxyl groups is 1. The summed E-state index contributed by atoms with van der Waals surface area (Å²) < 4.78 is 5.36. The molecule has 4 rings (SSSR count). The number of morpholine rings is 1. The molecule has 0 aromatic heterocycles. The molecule has 2 N–H and O–H groups in total. The van der Waals surface area contributed by atoms with Crippen molar-refractivity contribution in [1.82, 2.24) is 9.80 Å². The van der Waals surface area contributed by atoms with E-state index in [2.05, 4.69) is 14.8 Å². The number of aliphatic imine (C=N–C) groups is 1. The first kappa shape index (κ1) is 28.8. The van der Waals surface area contributed by atoms with Gasteiger partial charge >= 0.3 is 5.97 Å². The fraction of sp³-hybridized carbons (Fsp3) is 0.586. The summed E-state index contributed by atoms with van der Waals surface area (Å²) in [7, 11) is 0. The van der Waals surface area contributed by atoms with Crippen LogP contribution in [0.5, 0.6) is 0 Å². The van der Waals surface area contributed by atoms with Crippen LogP contribution in [0.2, 0.25) is 0 Å². The highest BCUT2D eigenvalue weighted by Crippen LogP contribution is 2.36. The number of allylic oxidation sites excluding steroid dienone is 2. The van der Waals surface area contributed by atoms with Gasteiger partial charge in [-0.3, -0.25) is 19.5 Å². The minimum Gasteiger partial charge on any atom is -0.511 e. The van der Waals surface area contributed by atoms with E-state index in [-0.39, 0.29) is 47.0 Å². The van der Waals surface area contributed by atoms with E-state index in [0.717, 1.165) is 37.4 Å². The number of amides is 1. The average molecular weight is 541 g/mol. The van der Waals surface area contributed by atoms with Gasteiger partial charge in [-0.15, -0.1) is 0 Å². The van der Waals surface area contributed by atoms with Gasteiger partial charge in [0, 0.05) is 69.9 Å². The SMILES string of the molecule is CC(=N[C@@H](Cc1ccc(N2CCN(C(=O)CN3CCOCC3)CC2)cc1)C(=O)O)C1=C(O)CC(C)(C)CC1=O. The van der Waals surface area contributed by atoms with E-state index < -0.39 is 12.0 Å². The van der Waals surface area contributed by atoms with E-state index in [0.29, 0.717) is 39.3 Å². The van der Waals surface area contributed by atoms with Crippen molar-refractivity contribution >= 4 is 29.1 Å². The Hall–Kier alpha value is -3.24. The first-order valence-corrected chi connectivity index (χ1v) is 13.7. The highest BCUT2D eigenvalue weighted by molar-refractivity contribution is 6.22. The predicted octanol–water partition coefficient (Wildman–Crippen LogP) is 2.33. The van der Waals surface area contributed by atoms with Gasteiger partial charge in [-0.2, -0.15) is 0 Å². The Morgan fingerprint density at radius 3 is 2.26 bits per heavy atom. The number of nitrogens with zero attached hydrogens (tertiary/aromatic N) is 4. The number of aliphatic hydroxyl groups excluding tert-OH is 1. The lowest BCUT2D eigenvalue weighted by molar-refractivity contribution is -0.138. The Balaban J connectivity index is 1.34. The number of carbonyl (C=O) groups excluding carboxylic acids is 2. The average Bonchev–Trinajstić information content (AvgIpc) is 2.88. The summed E-state index contributed by atoms with van der Waals surface area (Å²) in [5, 5.41) is 20.3. The van der Waals surface area contributed by atoms with Gasteiger partial charge in [0.25, 0.3) is 0 Å². The molecule has 0 radical (unpaired) electrons. The zero-order chi connectivity index (χ0) is 28.2. The van der Waals surface area contributed by atoms with Gasteiger partial charge in [0.05, 0.1) is 25.3 Å². The number of hydrogen-bond donors (Lipinski definition) is 2. The van der Waals surface area contributed by atoms with Crippen molar-refractivity contribution in [3.8, 4) is 0 Å². The highest BCUT2D eigenvalue weighted by Gasteiger charge is 2.34. The predicted molar refractivity (Wildman–Crippen MR) is 148 cm³/mol. The van der Waals surface area contributed by atoms with Crippen LogP contribution in [0.3, 0.4) is 0 Å². The van der Waals surface area contributed by atoms with Gasteiger partial charge in [0.15, 0.2) is 11.8 Å². The molecular weight excluding hydrogens is 500 g/mol. The maximum absolute atomic E-state index is 12.7. The maximum Gasteiger partial charge on any atom is 0.328 e. The molecule has 3 aliphatic rings. The first-order chi connectivity index (χ1) is 18.5. The molecule has 212 valence electrons. The number of anilines is 1. The zero-order valence-electron chi connectivity index (χ0n) is 23.2. The second-order valence-corrected chi connectivity index (χ2v) is 11.5. The number of ketones is 1. The standard InChI is InChI=1S/C29H40N4O6/c1-20(27-24(34)17-29(2,3)18-25(27)35)30-23(28(37)38)16-21-4-6-22(7-5-21)32-8-10-33(11-9-32)26(36)19-31-12-14-39-15-13-31/h4-7,23,34H,8-19H2,1-3H3,(H,37,38)/t23-/m0/s1. The van der Waals surface area contributed by atoms with Crippen molar-refractivity contribution in [2.45, 2.75) is 46.1 Å². The van der Waals surface area contributed by atoms with E-state index in [4.69, 9.17) is 4.74 Å². The molecule has 1 amide bonds. The third-order valence-electron chi connectivity index (χ3n) is 7.67. The number of rotatable bonds is 8. The summed E-state index contributed by atoms with van der Waals surface area (Å²) in [6, 6.07) is 6.67. The van der Waals surface area contributed by atoms with Gasteiger partial charge in [0.2, 0.25) is 5.91 Å². The minimum absolute atomic E-state index is 0.0196. The van der Waals surface area contributed by atoms with Crippen LogP contribution >= 0.6 is 0 Å². The second-order valence-electron chi connectivity index (χ2n) is 11.5. The van der Waals surface area contributed by atoms with Crippen LogP contribution in [-0.2, 0) is 25.5 Å². The number of carboxylic acid groups (broad SMARTS) is 1. The van der Waals surface area contributed by atoms with Gasteiger partial charge in [-0.05, 0) is 30.0 Å². The van der Waals surface area contributed by atoms with Crippen molar-refractivity contribution in [3.05, 3.63) is 41.2 Å². The summed E-state index contributed by atoms with van der Waals surface area (Å²) in [5.41, 5.74) is 1.92. The van der Waals surface area contributed by atoms with Gasteiger partial charge in [-0.25, -0.2) is 4.79 Å². The lowest BCUT2D eigenvalue weighted by Crippen LogP contribution is -2.52. The Kier molecular flexibility index (Phi) is 9.07. The number of carbonyl (C=O) groups is 3. The number of benzene rings is 1. The normalized spacial score (nSPS) is 21.7. The summed E-state index contributed by atoms with van der Waals surface area (Å²) in [6.07, 6.45) is 0.815. The minimum atomic E-state index is -1.08. The van der Waals surface area contributed by atoms with E-state index in [1.54, 1.807) is 6.92 Å². The Morgan fingerprint density at radius 2 is 1.67 bits per heavy atom. The topological polar surface area (TPSA) is 123 Å². The number of ether oxygens (including phenoxy) is 1. The summed E-state index contributed by atoms with van der Waals surface area (Å²) in [6.45, 7) is 11.6. The molecule has 0 bridgehead atoms. The quantitative estimate of drug-likeness (QED) is 0.482. The number of Topliss-reactive ketones (excluding diaryl/α,β-unsaturated/α-hetero) is 1. The molecule has 10 heteroatoms. The van der Waals surface area contributed by atoms with Gasteiger partial charge in [-0.1, -0.05) is 26.0 Å². The summed E-state index contributed by atoms with van der Waals surface area (Å²) in [4.78, 5) is 47.9. The molecule has 0 saturated carbocycles. The van der Waals surface area contributed by atoms with Crippen molar-refractivity contribution in [2.75, 3.05) is 63.9 Å². The lowest BCUT2D eigenvalue weighted by atomic mass is 9.75. The third kappa shape index (κ3) is 7.45. The fourth-order valence-corrected chi connectivity index (χ4v) is 5.52. The zero-order valence-corrected chi connectivity index (χ0v) is 23.2. The van der Waals surface area contributed by atoms with Crippen molar-refractivity contribution in [1.29, 1.82) is 0 Å². The molecular formula is C29H40N4O6. The van der Waals surface area contributed by atoms with Crippen molar-refractivity contribution in [3.63, 3.8) is 0 Å². The number of piperazine rings is 1. The first-order valence-electron chi connectivity index (χ1n) is 13.7. The molecule has 1 aliphatic carbocycles. The van der Waals surface area contributed by atoms with Gasteiger partial charge < -0.3 is 24.7 Å². The number of hydrogen-bond acceptors (Lipinski definition) is 8. The molecule has 1 aromatic rings. The van der Waals surface area contributed by atoms with Crippen molar-refractivity contribution in [2.24, 2.45) is 10.4 Å². The lowest BCUT2D eigenvalue weighted by Gasteiger charge is -2.37. The number of carboxylic acids is 1. The highest BCUT2D eigenvalue weighted by atomic mass is 16.5. The largest absolute Gasteiger partial charge is 0.511 e. The maximum atomic E-state index is 12.7. The third-order valence-corrected chi connectivity index (χ3v) is 7.67. The van der Waals surface area contributed by atoms with Crippen LogP contribution in [-0.4, -0.2) is 108 Å². The van der Waals surface area contributed by atoms with Crippen LogP contribution in [0.25, 0.3) is 0 Å². The molecule has 2 saturated heterocycles. The second kappa shape index (κ2) is 12.3. The smallest absolute Gasteiger partial charge is 0.328 e. The van der Waals surface area contributed by atoms with Crippen LogP contribution in [0.15, 0.2) is 40.6 Å². The van der Waals surface area contributed by atoms with Gasteiger partial charge in [0.1, 0.15) is 5.76 Å². The van der Waals surface area contributed by atoms with Crippen molar-refractivity contribution < 1.29 is 29.3 Å². The molecule has 0 spiro atoms. The van der Waals surface area contributed by atoms with Crippen LogP contribution in [0.4, 0.5) is 5.69 Å². The molecule has 1 aromatic carbocycles.